The van der Waals surface area contributed by atoms with E-state index in [1.807, 2.05) is 10.2 Å². The van der Waals surface area contributed by atoms with Crippen LogP contribution in [0, 0.1) is 11.8 Å². The van der Waals surface area contributed by atoms with Crippen LogP contribution in [0.3, 0.4) is 0 Å². The van der Waals surface area contributed by atoms with Gasteiger partial charge in [-0.2, -0.15) is 0 Å². The largest absolute Gasteiger partial charge is 0.0985 e. The molecule has 0 rings (SSSR count). The van der Waals surface area contributed by atoms with E-state index < -0.39 is 0 Å². The number of halogens is 1. The van der Waals surface area contributed by atoms with Gasteiger partial charge in [-0.3, -0.25) is 0 Å². The van der Waals surface area contributed by atoms with Crippen molar-refractivity contribution in [1.82, 2.24) is 0 Å². The van der Waals surface area contributed by atoms with Gasteiger partial charge in [0.25, 0.3) is 0 Å². The highest BCUT2D eigenvalue weighted by molar-refractivity contribution is 14.1. The predicted molar refractivity (Wildman–Crippen MR) is 55.1 cm³/mol. The molecule has 0 unspecified atom stereocenters. The number of allylic oxidation sites excluding steroid dienone is 1. The van der Waals surface area contributed by atoms with Crippen molar-refractivity contribution in [2.24, 2.45) is 0 Å². The molecule has 1 heteroatoms. The zero-order valence-corrected chi connectivity index (χ0v) is 8.52. The van der Waals surface area contributed by atoms with Crippen molar-refractivity contribution < 1.29 is 0 Å². The SMILES string of the molecule is CCCCCC#CC=CI. The van der Waals surface area contributed by atoms with Crippen LogP contribution in [0.4, 0.5) is 0 Å². The molecule has 0 aliphatic carbocycles. The molecule has 10 heavy (non-hydrogen) atoms. The van der Waals surface area contributed by atoms with Gasteiger partial charge in [-0.05, 0) is 16.6 Å². The topological polar surface area (TPSA) is 0 Å². The van der Waals surface area contributed by atoms with Crippen LogP contribution in [0.25, 0.3) is 0 Å². The lowest BCUT2D eigenvalue weighted by atomic mass is 10.2. The summed E-state index contributed by atoms with van der Waals surface area (Å²) in [5.41, 5.74) is 0. The van der Waals surface area contributed by atoms with Crippen molar-refractivity contribution in [3.05, 3.63) is 10.2 Å². The Hall–Kier alpha value is 0.0300. The van der Waals surface area contributed by atoms with Gasteiger partial charge in [0.2, 0.25) is 0 Å². The molecule has 0 N–H and O–H groups in total. The van der Waals surface area contributed by atoms with Crippen LogP contribution in [-0.4, -0.2) is 0 Å². The van der Waals surface area contributed by atoms with Crippen LogP contribution in [0.2, 0.25) is 0 Å². The molecule has 56 valence electrons. The molecule has 0 saturated carbocycles. The molecular formula is C9H13I. The van der Waals surface area contributed by atoms with Gasteiger partial charge in [0.15, 0.2) is 0 Å². The quantitative estimate of drug-likeness (QED) is 0.407. The Morgan fingerprint density at radius 3 is 2.80 bits per heavy atom. The second-order valence-electron chi connectivity index (χ2n) is 2.07. The van der Waals surface area contributed by atoms with Crippen molar-refractivity contribution >= 4 is 22.6 Å². The molecule has 0 aliphatic rings. The first kappa shape index (κ1) is 10.0. The van der Waals surface area contributed by atoms with E-state index >= 15 is 0 Å². The summed E-state index contributed by atoms with van der Waals surface area (Å²) in [5, 5.41) is 0. The Kier molecular flexibility index (Phi) is 9.06. The molecule has 0 atom stereocenters. The third-order valence-electron chi connectivity index (χ3n) is 1.15. The summed E-state index contributed by atoms with van der Waals surface area (Å²) >= 11 is 2.17. The number of unbranched alkanes of at least 4 members (excludes halogenated alkanes) is 3. The van der Waals surface area contributed by atoms with E-state index in [9.17, 15) is 0 Å². The zero-order chi connectivity index (χ0) is 7.66. The van der Waals surface area contributed by atoms with E-state index in [1.165, 1.54) is 19.3 Å². The first-order valence-electron chi connectivity index (χ1n) is 3.65. The normalized spacial score (nSPS) is 9.40. The van der Waals surface area contributed by atoms with Gasteiger partial charge in [-0.1, -0.05) is 54.2 Å². The predicted octanol–water partition coefficient (Wildman–Crippen LogP) is 3.52. The number of rotatable bonds is 3. The van der Waals surface area contributed by atoms with Gasteiger partial charge < -0.3 is 0 Å². The van der Waals surface area contributed by atoms with Crippen LogP contribution in [0.15, 0.2) is 10.2 Å². The summed E-state index contributed by atoms with van der Waals surface area (Å²) in [4.78, 5) is 0. The van der Waals surface area contributed by atoms with Crippen LogP contribution in [0.5, 0.6) is 0 Å². The summed E-state index contributed by atoms with van der Waals surface area (Å²) in [7, 11) is 0. The maximum atomic E-state index is 3.08. The molecule has 0 saturated heterocycles. The Balaban J connectivity index is 3.12. The maximum Gasteiger partial charge on any atom is 0.00922 e. The third kappa shape index (κ3) is 8.03. The van der Waals surface area contributed by atoms with Crippen molar-refractivity contribution in [3.8, 4) is 11.8 Å². The summed E-state index contributed by atoms with van der Waals surface area (Å²) < 4.78 is 1.94. The van der Waals surface area contributed by atoms with E-state index in [0.717, 1.165) is 6.42 Å². The van der Waals surface area contributed by atoms with Gasteiger partial charge in [0.1, 0.15) is 0 Å². The highest BCUT2D eigenvalue weighted by Gasteiger charge is 1.78. The lowest BCUT2D eigenvalue weighted by Gasteiger charge is -1.86. The molecule has 0 heterocycles. The number of hydrogen-bond donors (Lipinski definition) is 0. The second kappa shape index (κ2) is 9.03. The molecule has 0 aromatic carbocycles. The molecule has 0 nitrogen and oxygen atoms in total. The van der Waals surface area contributed by atoms with Gasteiger partial charge in [-0.25, -0.2) is 0 Å². The molecule has 0 aromatic rings. The molecular weight excluding hydrogens is 235 g/mol. The van der Waals surface area contributed by atoms with E-state index in [1.54, 1.807) is 0 Å². The monoisotopic (exact) mass is 248 g/mol. The summed E-state index contributed by atoms with van der Waals surface area (Å²) in [5.74, 6) is 6.04. The minimum atomic E-state index is 1.05. The van der Waals surface area contributed by atoms with Crippen molar-refractivity contribution in [2.75, 3.05) is 0 Å². The molecule has 0 bridgehead atoms. The fourth-order valence-electron chi connectivity index (χ4n) is 0.626. The molecule has 0 fully saturated rings. The standard InChI is InChI=1S/C9H13I/c1-2-3-4-5-6-7-8-9-10/h8-9H,2-5H2,1H3. The van der Waals surface area contributed by atoms with E-state index in [-0.39, 0.29) is 0 Å². The average Bonchev–Trinajstić information content (AvgIpc) is 1.97. The van der Waals surface area contributed by atoms with Crippen LogP contribution in [-0.2, 0) is 0 Å². The van der Waals surface area contributed by atoms with Gasteiger partial charge in [0, 0.05) is 6.42 Å². The molecule has 0 aliphatic heterocycles. The van der Waals surface area contributed by atoms with E-state index in [2.05, 4.69) is 41.4 Å². The summed E-state index contributed by atoms with van der Waals surface area (Å²) in [6.45, 7) is 2.21. The van der Waals surface area contributed by atoms with E-state index in [0.29, 0.717) is 0 Å². The van der Waals surface area contributed by atoms with Gasteiger partial charge in [0.05, 0.1) is 0 Å². The smallest absolute Gasteiger partial charge is 0.00922 e. The fourth-order valence-corrected chi connectivity index (χ4v) is 0.806. The van der Waals surface area contributed by atoms with Crippen LogP contribution >= 0.6 is 22.6 Å². The van der Waals surface area contributed by atoms with Gasteiger partial charge in [-0.15, -0.1) is 0 Å². The maximum absolute atomic E-state index is 3.08. The Bertz CT molecular complexity index is 137. The lowest BCUT2D eigenvalue weighted by molar-refractivity contribution is 0.737. The molecule has 0 amide bonds. The lowest BCUT2D eigenvalue weighted by Crippen LogP contribution is -1.69. The summed E-state index contributed by atoms with van der Waals surface area (Å²) in [6, 6.07) is 0. The highest BCUT2D eigenvalue weighted by Crippen LogP contribution is 1.96. The first-order valence-corrected chi connectivity index (χ1v) is 4.90. The molecule has 0 spiro atoms. The second-order valence-corrected chi connectivity index (χ2v) is 2.79. The molecule has 0 radical (unpaired) electrons. The Morgan fingerprint density at radius 2 is 2.20 bits per heavy atom. The Morgan fingerprint density at radius 1 is 1.40 bits per heavy atom. The first-order chi connectivity index (χ1) is 4.91. The highest BCUT2D eigenvalue weighted by atomic mass is 127. The minimum Gasteiger partial charge on any atom is -0.0985 e. The fraction of sp³-hybridized carbons (Fsp3) is 0.556. The number of hydrogen-bond acceptors (Lipinski definition) is 0. The van der Waals surface area contributed by atoms with Crippen LogP contribution in [0.1, 0.15) is 32.6 Å². The molecule has 0 aromatic heterocycles. The van der Waals surface area contributed by atoms with Crippen molar-refractivity contribution in [2.45, 2.75) is 32.6 Å². The summed E-state index contributed by atoms with van der Waals surface area (Å²) in [6.07, 6.45) is 6.77. The van der Waals surface area contributed by atoms with Crippen molar-refractivity contribution in [1.29, 1.82) is 0 Å². The zero-order valence-electron chi connectivity index (χ0n) is 6.36. The van der Waals surface area contributed by atoms with Crippen molar-refractivity contribution in [3.63, 3.8) is 0 Å². The average molecular weight is 248 g/mol. The minimum absolute atomic E-state index is 1.05. The van der Waals surface area contributed by atoms with E-state index in [4.69, 9.17) is 0 Å². The third-order valence-corrected chi connectivity index (χ3v) is 1.51. The van der Waals surface area contributed by atoms with Crippen LogP contribution < -0.4 is 0 Å². The Labute approximate surface area is 77.2 Å². The van der Waals surface area contributed by atoms with Gasteiger partial charge >= 0.3 is 0 Å².